The van der Waals surface area contributed by atoms with Crippen molar-refractivity contribution in [3.8, 4) is 0 Å². The lowest BCUT2D eigenvalue weighted by Gasteiger charge is -2.22. The number of nitrogens with one attached hydrogen (secondary N) is 1. The molecule has 0 fully saturated rings. The van der Waals surface area contributed by atoms with E-state index >= 15 is 0 Å². The first kappa shape index (κ1) is 14.3. The average molecular weight is 263 g/mol. The van der Waals surface area contributed by atoms with E-state index in [0.717, 1.165) is 49.6 Å². The highest BCUT2D eigenvalue weighted by atomic mass is 16.5. The Kier molecular flexibility index (Phi) is 4.40. The van der Waals surface area contributed by atoms with E-state index in [2.05, 4.69) is 33.0 Å². The van der Waals surface area contributed by atoms with Crippen LogP contribution in [-0.4, -0.2) is 23.1 Å². The Morgan fingerprint density at radius 2 is 2.05 bits per heavy atom. The summed E-state index contributed by atoms with van der Waals surface area (Å²) in [6.45, 7) is 11.2. The van der Waals surface area contributed by atoms with Gasteiger partial charge in [0, 0.05) is 24.9 Å². The Bertz CT molecular complexity index is 438. The van der Waals surface area contributed by atoms with E-state index < -0.39 is 0 Å². The number of hydrogen-bond acceptors (Lipinski definition) is 4. The van der Waals surface area contributed by atoms with Crippen molar-refractivity contribution in [3.05, 3.63) is 17.1 Å². The van der Waals surface area contributed by atoms with Gasteiger partial charge in [-0.05, 0) is 11.8 Å². The van der Waals surface area contributed by atoms with Crippen LogP contribution in [0.25, 0.3) is 0 Å². The highest BCUT2D eigenvalue weighted by Crippen LogP contribution is 2.25. The van der Waals surface area contributed by atoms with Crippen LogP contribution in [0.5, 0.6) is 0 Å². The fourth-order valence-corrected chi connectivity index (χ4v) is 2.23. The van der Waals surface area contributed by atoms with Crippen molar-refractivity contribution in [3.63, 3.8) is 0 Å². The molecule has 0 radical (unpaired) electrons. The van der Waals surface area contributed by atoms with Gasteiger partial charge in [0.05, 0.1) is 18.9 Å². The zero-order valence-corrected chi connectivity index (χ0v) is 12.5. The minimum Gasteiger partial charge on any atom is -0.376 e. The zero-order valence-electron chi connectivity index (χ0n) is 12.5. The molecule has 1 N–H and O–H groups in total. The van der Waals surface area contributed by atoms with Crippen molar-refractivity contribution in [2.75, 3.05) is 18.5 Å². The maximum atomic E-state index is 5.54. The molecule has 1 aliphatic rings. The van der Waals surface area contributed by atoms with Crippen LogP contribution in [0.15, 0.2) is 0 Å². The second-order valence-electron chi connectivity index (χ2n) is 6.38. The monoisotopic (exact) mass is 263 g/mol. The van der Waals surface area contributed by atoms with Crippen LogP contribution >= 0.6 is 0 Å². The number of fused-ring (bicyclic) bond motifs is 1. The number of aromatic nitrogens is 2. The molecular weight excluding hydrogens is 238 g/mol. The summed E-state index contributed by atoms with van der Waals surface area (Å²) in [7, 11) is 0. The molecule has 0 atom stereocenters. The fraction of sp³-hybridized carbons (Fsp3) is 0.733. The zero-order chi connectivity index (χ0) is 13.9. The summed E-state index contributed by atoms with van der Waals surface area (Å²) in [4.78, 5) is 9.44. The lowest BCUT2D eigenvalue weighted by Crippen LogP contribution is -2.20. The van der Waals surface area contributed by atoms with Crippen LogP contribution in [0.3, 0.4) is 0 Å². The summed E-state index contributed by atoms with van der Waals surface area (Å²) < 4.78 is 5.54. The molecule has 106 valence electrons. The van der Waals surface area contributed by atoms with E-state index in [0.29, 0.717) is 6.61 Å². The molecule has 4 heteroatoms. The second kappa shape index (κ2) is 5.87. The van der Waals surface area contributed by atoms with Gasteiger partial charge in [-0.15, -0.1) is 0 Å². The highest BCUT2D eigenvalue weighted by Gasteiger charge is 2.20. The summed E-state index contributed by atoms with van der Waals surface area (Å²) in [5.41, 5.74) is 2.53. The van der Waals surface area contributed by atoms with Crippen LogP contribution in [0.4, 0.5) is 5.82 Å². The Morgan fingerprint density at radius 3 is 2.74 bits per heavy atom. The van der Waals surface area contributed by atoms with Gasteiger partial charge in [0.25, 0.3) is 0 Å². The third-order valence-electron chi connectivity index (χ3n) is 3.10. The van der Waals surface area contributed by atoms with Crippen molar-refractivity contribution in [2.45, 2.75) is 53.6 Å². The summed E-state index contributed by atoms with van der Waals surface area (Å²) in [6, 6.07) is 0. The maximum absolute atomic E-state index is 5.54. The van der Waals surface area contributed by atoms with Gasteiger partial charge in [-0.25, -0.2) is 9.97 Å². The molecular formula is C15H25N3O. The van der Waals surface area contributed by atoms with Gasteiger partial charge >= 0.3 is 0 Å². The number of hydrogen-bond donors (Lipinski definition) is 1. The van der Waals surface area contributed by atoms with Crippen molar-refractivity contribution in [2.24, 2.45) is 5.41 Å². The fourth-order valence-electron chi connectivity index (χ4n) is 2.23. The molecule has 1 aliphatic heterocycles. The standard InChI is InChI=1S/C15H25N3O/c1-5-7-16-14-11-10-19-8-6-12(11)17-13(18-14)9-15(2,3)4/h5-10H2,1-4H3,(H,16,17,18). The first-order chi connectivity index (χ1) is 8.99. The Morgan fingerprint density at radius 1 is 1.26 bits per heavy atom. The molecule has 2 rings (SSSR count). The Hall–Kier alpha value is -1.16. The van der Waals surface area contributed by atoms with Gasteiger partial charge in [0.15, 0.2) is 0 Å². The summed E-state index contributed by atoms with van der Waals surface area (Å²) in [5, 5.41) is 3.42. The molecule has 0 saturated carbocycles. The summed E-state index contributed by atoms with van der Waals surface area (Å²) in [5.74, 6) is 1.93. The predicted molar refractivity (Wildman–Crippen MR) is 77.3 cm³/mol. The van der Waals surface area contributed by atoms with Crippen LogP contribution in [0.2, 0.25) is 0 Å². The van der Waals surface area contributed by atoms with Crippen LogP contribution in [0.1, 0.15) is 51.2 Å². The van der Waals surface area contributed by atoms with Crippen molar-refractivity contribution >= 4 is 5.82 Å². The van der Waals surface area contributed by atoms with Gasteiger partial charge in [0.2, 0.25) is 0 Å². The highest BCUT2D eigenvalue weighted by molar-refractivity contribution is 5.47. The lowest BCUT2D eigenvalue weighted by molar-refractivity contribution is 0.109. The van der Waals surface area contributed by atoms with Gasteiger partial charge in [0.1, 0.15) is 11.6 Å². The molecule has 2 heterocycles. The number of rotatable bonds is 4. The number of nitrogens with zero attached hydrogens (tertiary/aromatic N) is 2. The van der Waals surface area contributed by atoms with E-state index in [9.17, 15) is 0 Å². The second-order valence-corrected chi connectivity index (χ2v) is 6.38. The molecule has 1 aromatic heterocycles. The van der Waals surface area contributed by atoms with Gasteiger partial charge in [-0.1, -0.05) is 27.7 Å². The maximum Gasteiger partial charge on any atom is 0.135 e. The van der Waals surface area contributed by atoms with Crippen molar-refractivity contribution in [1.29, 1.82) is 0 Å². The Labute approximate surface area is 116 Å². The van der Waals surface area contributed by atoms with E-state index in [-0.39, 0.29) is 5.41 Å². The lowest BCUT2D eigenvalue weighted by atomic mass is 9.92. The van der Waals surface area contributed by atoms with E-state index in [4.69, 9.17) is 14.7 Å². The van der Waals surface area contributed by atoms with Crippen molar-refractivity contribution in [1.82, 2.24) is 9.97 Å². The molecule has 0 bridgehead atoms. The predicted octanol–water partition coefficient (Wildman–Crippen LogP) is 2.96. The minimum atomic E-state index is 0.210. The third kappa shape index (κ3) is 3.90. The first-order valence-corrected chi connectivity index (χ1v) is 7.20. The summed E-state index contributed by atoms with van der Waals surface area (Å²) in [6.07, 6.45) is 2.89. The van der Waals surface area contributed by atoms with Crippen LogP contribution < -0.4 is 5.32 Å². The topological polar surface area (TPSA) is 47.0 Å². The van der Waals surface area contributed by atoms with Crippen LogP contribution in [0, 0.1) is 5.41 Å². The molecule has 0 amide bonds. The Balaban J connectivity index is 2.30. The third-order valence-corrected chi connectivity index (χ3v) is 3.10. The number of ether oxygens (including phenoxy) is 1. The molecule has 1 aromatic rings. The average Bonchev–Trinajstić information content (AvgIpc) is 2.34. The van der Waals surface area contributed by atoms with Crippen LogP contribution in [-0.2, 0) is 24.2 Å². The molecule has 19 heavy (non-hydrogen) atoms. The molecule has 0 aromatic carbocycles. The molecule has 0 aliphatic carbocycles. The molecule has 4 nitrogen and oxygen atoms in total. The van der Waals surface area contributed by atoms with Gasteiger partial charge < -0.3 is 10.1 Å². The van der Waals surface area contributed by atoms with Gasteiger partial charge in [-0.2, -0.15) is 0 Å². The summed E-state index contributed by atoms with van der Waals surface area (Å²) >= 11 is 0. The molecule has 0 spiro atoms. The SMILES string of the molecule is CCCNc1nc(CC(C)(C)C)nc2c1COCC2. The first-order valence-electron chi connectivity index (χ1n) is 7.20. The molecule has 0 saturated heterocycles. The minimum absolute atomic E-state index is 0.210. The van der Waals surface area contributed by atoms with Gasteiger partial charge in [-0.3, -0.25) is 0 Å². The largest absolute Gasteiger partial charge is 0.376 e. The number of anilines is 1. The van der Waals surface area contributed by atoms with E-state index in [1.54, 1.807) is 0 Å². The van der Waals surface area contributed by atoms with E-state index in [1.165, 1.54) is 5.69 Å². The van der Waals surface area contributed by atoms with Crippen molar-refractivity contribution < 1.29 is 4.74 Å². The quantitative estimate of drug-likeness (QED) is 0.907. The molecule has 0 unspecified atom stereocenters. The smallest absolute Gasteiger partial charge is 0.135 e. The van der Waals surface area contributed by atoms with E-state index in [1.807, 2.05) is 0 Å². The normalized spacial score (nSPS) is 15.2.